The lowest BCUT2D eigenvalue weighted by atomic mass is 10.1. The summed E-state index contributed by atoms with van der Waals surface area (Å²) in [5.41, 5.74) is 2.47. The Kier molecular flexibility index (Phi) is 5.26. The molecule has 0 aromatic heterocycles. The number of hydrogen-bond donors (Lipinski definition) is 0. The molecule has 2 atom stereocenters. The van der Waals surface area contributed by atoms with Crippen molar-refractivity contribution < 1.29 is 9.47 Å². The molecule has 112 valence electrons. The lowest BCUT2D eigenvalue weighted by molar-refractivity contribution is -0.118. The van der Waals surface area contributed by atoms with Gasteiger partial charge in [0.15, 0.2) is 0 Å². The minimum Gasteiger partial charge on any atom is -0.375 e. The number of benzene rings is 2. The molecule has 0 radical (unpaired) electrons. The van der Waals surface area contributed by atoms with Gasteiger partial charge in [0.2, 0.25) is 0 Å². The molecule has 1 heterocycles. The highest BCUT2D eigenvalue weighted by molar-refractivity contribution is 5.19. The van der Waals surface area contributed by atoms with Gasteiger partial charge >= 0.3 is 0 Å². The van der Waals surface area contributed by atoms with Crippen molar-refractivity contribution in [3.05, 3.63) is 71.8 Å². The van der Waals surface area contributed by atoms with E-state index in [2.05, 4.69) is 48.2 Å². The van der Waals surface area contributed by atoms with Gasteiger partial charge in [-0.1, -0.05) is 66.6 Å². The Hall–Kier alpha value is -2.08. The van der Waals surface area contributed by atoms with Crippen LogP contribution in [-0.4, -0.2) is 19.3 Å². The van der Waals surface area contributed by atoms with Crippen molar-refractivity contribution in [1.82, 2.24) is 0 Å². The van der Waals surface area contributed by atoms with E-state index in [9.17, 15) is 0 Å². The third kappa shape index (κ3) is 4.21. The summed E-state index contributed by atoms with van der Waals surface area (Å²) in [5, 5.41) is 0. The van der Waals surface area contributed by atoms with Crippen LogP contribution < -0.4 is 0 Å². The van der Waals surface area contributed by atoms with Crippen LogP contribution in [0.15, 0.2) is 60.7 Å². The van der Waals surface area contributed by atoms with Gasteiger partial charge in [-0.05, 0) is 17.5 Å². The Bertz CT molecular complexity index is 625. The minimum atomic E-state index is -0.130. The summed E-state index contributed by atoms with van der Waals surface area (Å²) in [6.07, 6.45) is 1.68. The molecule has 2 heteroatoms. The second kappa shape index (κ2) is 7.79. The molecule has 0 bridgehead atoms. The molecular weight excluding hydrogens is 272 g/mol. The summed E-state index contributed by atoms with van der Waals surface area (Å²) in [6, 6.07) is 20.6. The third-order valence-electron chi connectivity index (χ3n) is 3.68. The van der Waals surface area contributed by atoms with Crippen molar-refractivity contribution in [2.45, 2.75) is 25.0 Å². The predicted octanol–water partition coefficient (Wildman–Crippen LogP) is 3.78. The van der Waals surface area contributed by atoms with Crippen molar-refractivity contribution in [3.63, 3.8) is 0 Å². The van der Waals surface area contributed by atoms with Crippen LogP contribution in [0.4, 0.5) is 0 Å². The topological polar surface area (TPSA) is 18.5 Å². The molecule has 0 aliphatic carbocycles. The first-order chi connectivity index (χ1) is 10.9. The summed E-state index contributed by atoms with van der Waals surface area (Å²) in [5.74, 6) is 6.41. The van der Waals surface area contributed by atoms with Gasteiger partial charge in [0.25, 0.3) is 0 Å². The van der Waals surface area contributed by atoms with Crippen molar-refractivity contribution in [1.29, 1.82) is 0 Å². The fourth-order valence-corrected chi connectivity index (χ4v) is 2.51. The lowest BCUT2D eigenvalue weighted by Gasteiger charge is -2.27. The van der Waals surface area contributed by atoms with Crippen molar-refractivity contribution in [2.24, 2.45) is 0 Å². The van der Waals surface area contributed by atoms with E-state index in [1.807, 2.05) is 24.3 Å². The maximum atomic E-state index is 6.03. The molecule has 22 heavy (non-hydrogen) atoms. The van der Waals surface area contributed by atoms with Crippen molar-refractivity contribution >= 4 is 0 Å². The normalized spacial score (nSPS) is 20.9. The molecule has 2 aromatic rings. The van der Waals surface area contributed by atoms with Crippen LogP contribution >= 0.6 is 0 Å². The molecule has 1 aliphatic heterocycles. The van der Waals surface area contributed by atoms with Gasteiger partial charge in [-0.25, -0.2) is 0 Å². The number of rotatable bonds is 3. The highest BCUT2D eigenvalue weighted by atomic mass is 16.6. The first-order valence-electron chi connectivity index (χ1n) is 7.72. The summed E-state index contributed by atoms with van der Waals surface area (Å²) < 4.78 is 11.7. The van der Waals surface area contributed by atoms with Crippen molar-refractivity contribution in [3.8, 4) is 11.8 Å². The van der Waals surface area contributed by atoms with E-state index in [1.165, 1.54) is 5.56 Å². The van der Waals surface area contributed by atoms with Crippen LogP contribution in [0.5, 0.6) is 0 Å². The lowest BCUT2D eigenvalue weighted by Crippen LogP contribution is -2.30. The third-order valence-corrected chi connectivity index (χ3v) is 3.68. The highest BCUT2D eigenvalue weighted by Crippen LogP contribution is 2.23. The van der Waals surface area contributed by atoms with Crippen molar-refractivity contribution in [2.75, 3.05) is 13.2 Å². The fourth-order valence-electron chi connectivity index (χ4n) is 2.51. The first kappa shape index (κ1) is 14.8. The molecule has 1 fully saturated rings. The highest BCUT2D eigenvalue weighted by Gasteiger charge is 2.22. The van der Waals surface area contributed by atoms with E-state index in [4.69, 9.17) is 9.47 Å². The largest absolute Gasteiger partial charge is 0.375 e. The van der Waals surface area contributed by atoms with Gasteiger partial charge in [-0.15, -0.1) is 5.92 Å². The van der Waals surface area contributed by atoms with E-state index in [0.29, 0.717) is 13.2 Å². The van der Waals surface area contributed by atoms with Gasteiger partial charge in [0, 0.05) is 6.42 Å². The molecule has 1 saturated heterocycles. The van der Waals surface area contributed by atoms with Gasteiger partial charge in [0.05, 0.1) is 13.2 Å². The average molecular weight is 292 g/mol. The Balaban J connectivity index is 1.52. The standard InChI is InChI=1S/C20H20O2/c1-3-9-17(10-4-1)11-7-8-14-19-15-21-16-20(22-19)18-12-5-2-6-13-18/h1-6,9-10,12-13,19-20H,7,11,15-16H2/t19-,20-/m0/s1. The van der Waals surface area contributed by atoms with Crippen LogP contribution in [0.1, 0.15) is 23.7 Å². The minimum absolute atomic E-state index is 0.0108. The number of hydrogen-bond acceptors (Lipinski definition) is 2. The van der Waals surface area contributed by atoms with Gasteiger partial charge in [-0.3, -0.25) is 0 Å². The molecule has 0 unspecified atom stereocenters. The van der Waals surface area contributed by atoms with Gasteiger partial charge in [0.1, 0.15) is 12.2 Å². The van der Waals surface area contributed by atoms with E-state index in [-0.39, 0.29) is 12.2 Å². The predicted molar refractivity (Wildman–Crippen MR) is 87.4 cm³/mol. The Morgan fingerprint density at radius 3 is 2.41 bits per heavy atom. The van der Waals surface area contributed by atoms with E-state index in [0.717, 1.165) is 18.4 Å². The maximum Gasteiger partial charge on any atom is 0.142 e. The molecule has 1 aliphatic rings. The number of aryl methyl sites for hydroxylation is 1. The fraction of sp³-hybridized carbons (Fsp3) is 0.300. The second-order valence-electron chi connectivity index (χ2n) is 5.37. The monoisotopic (exact) mass is 292 g/mol. The summed E-state index contributed by atoms with van der Waals surface area (Å²) in [6.45, 7) is 1.16. The molecule has 0 spiro atoms. The van der Waals surface area contributed by atoms with Crippen LogP contribution in [0.25, 0.3) is 0 Å². The van der Waals surface area contributed by atoms with Crippen LogP contribution in [-0.2, 0) is 15.9 Å². The van der Waals surface area contributed by atoms with E-state index < -0.39 is 0 Å². The van der Waals surface area contributed by atoms with Crippen LogP contribution in [0, 0.1) is 11.8 Å². The molecule has 2 aromatic carbocycles. The Labute approximate surface area is 132 Å². The van der Waals surface area contributed by atoms with E-state index >= 15 is 0 Å². The quantitative estimate of drug-likeness (QED) is 0.802. The smallest absolute Gasteiger partial charge is 0.142 e. The van der Waals surface area contributed by atoms with Crippen LogP contribution in [0.3, 0.4) is 0 Å². The first-order valence-corrected chi connectivity index (χ1v) is 7.72. The summed E-state index contributed by atoms with van der Waals surface area (Å²) in [4.78, 5) is 0. The SMILES string of the molecule is C(#C[C@H]1COC[C@@H](c2ccccc2)O1)CCc1ccccc1. The van der Waals surface area contributed by atoms with Crippen LogP contribution in [0.2, 0.25) is 0 Å². The molecule has 0 saturated carbocycles. The molecule has 3 rings (SSSR count). The Morgan fingerprint density at radius 2 is 1.64 bits per heavy atom. The number of ether oxygens (including phenoxy) is 2. The average Bonchev–Trinajstić information content (AvgIpc) is 2.61. The zero-order valence-electron chi connectivity index (χ0n) is 12.6. The molecule has 0 amide bonds. The zero-order chi connectivity index (χ0) is 15.0. The van der Waals surface area contributed by atoms with Gasteiger partial charge in [-0.2, -0.15) is 0 Å². The summed E-state index contributed by atoms with van der Waals surface area (Å²) in [7, 11) is 0. The molecule has 0 N–H and O–H groups in total. The molecule has 2 nitrogen and oxygen atoms in total. The molecular formula is C20H20O2. The zero-order valence-corrected chi connectivity index (χ0v) is 12.6. The van der Waals surface area contributed by atoms with Gasteiger partial charge < -0.3 is 9.47 Å². The maximum absolute atomic E-state index is 6.03. The summed E-state index contributed by atoms with van der Waals surface area (Å²) >= 11 is 0. The second-order valence-corrected chi connectivity index (χ2v) is 5.37. The van der Waals surface area contributed by atoms with E-state index in [1.54, 1.807) is 0 Å². The Morgan fingerprint density at radius 1 is 0.909 bits per heavy atom.